The van der Waals surface area contributed by atoms with Crippen molar-refractivity contribution in [3.05, 3.63) is 23.9 Å². The van der Waals surface area contributed by atoms with Crippen LogP contribution in [0.4, 0.5) is 0 Å². The van der Waals surface area contributed by atoms with E-state index in [9.17, 15) is 9.59 Å². The van der Waals surface area contributed by atoms with Crippen LogP contribution < -0.4 is 10.7 Å². The van der Waals surface area contributed by atoms with E-state index in [0.717, 1.165) is 43.5 Å². The fourth-order valence-corrected chi connectivity index (χ4v) is 3.58. The zero-order valence-electron chi connectivity index (χ0n) is 18.2. The third kappa shape index (κ3) is 8.85. The van der Waals surface area contributed by atoms with Crippen molar-refractivity contribution in [2.45, 2.75) is 91.9 Å². The Morgan fingerprint density at radius 3 is 2.43 bits per heavy atom. The number of carbonyl (C=O) groups excluding carboxylic acids is 2. The summed E-state index contributed by atoms with van der Waals surface area (Å²) in [7, 11) is 0. The Morgan fingerprint density at radius 2 is 1.82 bits per heavy atom. The van der Waals surface area contributed by atoms with E-state index in [4.69, 9.17) is 0 Å². The highest BCUT2D eigenvalue weighted by Crippen LogP contribution is 2.22. The van der Waals surface area contributed by atoms with Gasteiger partial charge in [0.15, 0.2) is 0 Å². The van der Waals surface area contributed by atoms with Crippen molar-refractivity contribution in [2.75, 3.05) is 0 Å². The van der Waals surface area contributed by atoms with Gasteiger partial charge in [-0.2, -0.15) is 5.10 Å². The predicted molar refractivity (Wildman–Crippen MR) is 117 cm³/mol. The zero-order valence-corrected chi connectivity index (χ0v) is 18.2. The summed E-state index contributed by atoms with van der Waals surface area (Å²) < 4.78 is 0. The Bertz CT molecular complexity index is 570. The first kappa shape index (κ1) is 24.1. The van der Waals surface area contributed by atoms with Crippen molar-refractivity contribution in [3.63, 3.8) is 0 Å². The van der Waals surface area contributed by atoms with Crippen molar-refractivity contribution in [3.8, 4) is 0 Å². The average molecular weight is 390 g/mol. The van der Waals surface area contributed by atoms with Crippen LogP contribution in [-0.4, -0.2) is 17.5 Å². The molecule has 2 N–H and O–H groups in total. The third-order valence-electron chi connectivity index (χ3n) is 5.18. The highest BCUT2D eigenvalue weighted by Gasteiger charge is 2.20. The summed E-state index contributed by atoms with van der Waals surface area (Å²) in [5, 5.41) is 7.26. The fraction of sp³-hybridized carbons (Fsp3) is 0.696. The molecule has 0 radical (unpaired) electrons. The van der Waals surface area contributed by atoms with Crippen LogP contribution in [0.5, 0.6) is 0 Å². The molecule has 1 saturated carbocycles. The van der Waals surface area contributed by atoms with Crippen molar-refractivity contribution in [1.29, 1.82) is 0 Å². The maximum absolute atomic E-state index is 12.6. The maximum atomic E-state index is 12.6. The van der Waals surface area contributed by atoms with Gasteiger partial charge in [-0.1, -0.05) is 72.0 Å². The Hall–Kier alpha value is -1.91. The fourth-order valence-electron chi connectivity index (χ4n) is 3.58. The molecule has 2 amide bonds. The minimum absolute atomic E-state index is 0.0248. The zero-order chi connectivity index (χ0) is 20.8. The second kappa shape index (κ2) is 14.1. The molecule has 0 aromatic heterocycles. The standard InChI is InChI=1S/C21H33N3O2.C2H6/c1-3-10-18(13-9-14-19-16(2)15-20(25)24-23-19)22-21(26)17-11-7-5-4-6-8-12-17;1-2/h9-10,13,16-17H,3-8,11-12,14-15H2,1-2H3,(H,22,26)(H,24,25);1-2H3/b13-9-,18-10+;. The molecule has 1 aliphatic heterocycles. The van der Waals surface area contributed by atoms with Gasteiger partial charge in [0.25, 0.3) is 0 Å². The van der Waals surface area contributed by atoms with Gasteiger partial charge in [-0.15, -0.1) is 0 Å². The number of nitrogens with one attached hydrogen (secondary N) is 2. The molecule has 0 aromatic carbocycles. The number of carbonyl (C=O) groups is 2. The molecule has 5 nitrogen and oxygen atoms in total. The van der Waals surface area contributed by atoms with Gasteiger partial charge in [0, 0.05) is 36.1 Å². The Kier molecular flexibility index (Phi) is 12.2. The van der Waals surface area contributed by atoms with Crippen LogP contribution in [-0.2, 0) is 9.59 Å². The van der Waals surface area contributed by atoms with Gasteiger partial charge in [-0.05, 0) is 25.3 Å². The summed E-state index contributed by atoms with van der Waals surface area (Å²) in [6, 6.07) is 0. The number of allylic oxidation sites excluding steroid dienone is 3. The van der Waals surface area contributed by atoms with Crippen LogP contribution in [0, 0.1) is 11.8 Å². The highest BCUT2D eigenvalue weighted by atomic mass is 16.2. The quantitative estimate of drug-likeness (QED) is 0.610. The smallest absolute Gasteiger partial charge is 0.240 e. The lowest BCUT2D eigenvalue weighted by Gasteiger charge is -2.19. The monoisotopic (exact) mass is 389 g/mol. The van der Waals surface area contributed by atoms with E-state index in [1.807, 2.05) is 39.0 Å². The molecule has 158 valence electrons. The van der Waals surface area contributed by atoms with E-state index in [2.05, 4.69) is 22.8 Å². The highest BCUT2D eigenvalue weighted by molar-refractivity contribution is 5.95. The van der Waals surface area contributed by atoms with Crippen molar-refractivity contribution < 1.29 is 9.59 Å². The number of nitrogens with zero attached hydrogens (tertiary/aromatic N) is 1. The van der Waals surface area contributed by atoms with Crippen LogP contribution >= 0.6 is 0 Å². The molecule has 1 atom stereocenters. The molecule has 0 aromatic rings. The molecular weight excluding hydrogens is 350 g/mol. The molecule has 28 heavy (non-hydrogen) atoms. The Labute approximate surface area is 171 Å². The summed E-state index contributed by atoms with van der Waals surface area (Å²) >= 11 is 0. The SMILES string of the molecule is CC.CC/C=C(\C=C/CC1=NNC(=O)CC1C)NC(=O)C1CCCCCCC1. The Morgan fingerprint density at radius 1 is 1.18 bits per heavy atom. The third-order valence-corrected chi connectivity index (χ3v) is 5.18. The van der Waals surface area contributed by atoms with E-state index in [1.165, 1.54) is 19.3 Å². The van der Waals surface area contributed by atoms with E-state index in [-0.39, 0.29) is 23.7 Å². The number of hydrogen-bond acceptors (Lipinski definition) is 3. The number of hydrazone groups is 1. The molecule has 5 heteroatoms. The van der Waals surface area contributed by atoms with Gasteiger partial charge in [0.2, 0.25) is 11.8 Å². The molecular formula is C23H39N3O2. The summed E-state index contributed by atoms with van der Waals surface area (Å²) in [5.41, 5.74) is 4.39. The van der Waals surface area contributed by atoms with E-state index >= 15 is 0 Å². The Balaban J connectivity index is 0.00000190. The second-order valence-electron chi connectivity index (χ2n) is 7.45. The van der Waals surface area contributed by atoms with E-state index < -0.39 is 0 Å². The molecule has 2 aliphatic rings. The first-order valence-electron chi connectivity index (χ1n) is 11.1. The molecule has 2 rings (SSSR count). The number of amides is 2. The van der Waals surface area contributed by atoms with E-state index in [1.54, 1.807) is 0 Å². The summed E-state index contributed by atoms with van der Waals surface area (Å²) in [5.74, 6) is 0.438. The summed E-state index contributed by atoms with van der Waals surface area (Å²) in [6.07, 6.45) is 16.2. The van der Waals surface area contributed by atoms with Gasteiger partial charge >= 0.3 is 0 Å². The lowest BCUT2D eigenvalue weighted by Crippen LogP contribution is -2.31. The van der Waals surface area contributed by atoms with Crippen LogP contribution in [0.15, 0.2) is 29.0 Å². The summed E-state index contributed by atoms with van der Waals surface area (Å²) in [6.45, 7) is 8.09. The molecule has 0 saturated heterocycles. The van der Waals surface area contributed by atoms with Crippen LogP contribution in [0.25, 0.3) is 0 Å². The van der Waals surface area contributed by atoms with Crippen LogP contribution in [0.3, 0.4) is 0 Å². The normalized spacial score (nSPS) is 21.7. The number of hydrogen-bond donors (Lipinski definition) is 2. The van der Waals surface area contributed by atoms with Crippen LogP contribution in [0.2, 0.25) is 0 Å². The number of rotatable bonds is 6. The van der Waals surface area contributed by atoms with Gasteiger partial charge in [0.1, 0.15) is 0 Å². The van der Waals surface area contributed by atoms with Gasteiger partial charge in [-0.3, -0.25) is 9.59 Å². The molecule has 1 heterocycles. The van der Waals surface area contributed by atoms with E-state index in [0.29, 0.717) is 12.8 Å². The van der Waals surface area contributed by atoms with Gasteiger partial charge in [0.05, 0.1) is 0 Å². The first-order valence-corrected chi connectivity index (χ1v) is 11.1. The predicted octanol–water partition coefficient (Wildman–Crippen LogP) is 5.24. The minimum atomic E-state index is -0.0248. The average Bonchev–Trinajstić information content (AvgIpc) is 2.65. The largest absolute Gasteiger partial charge is 0.326 e. The topological polar surface area (TPSA) is 70.6 Å². The lowest BCUT2D eigenvalue weighted by atomic mass is 9.90. The lowest BCUT2D eigenvalue weighted by molar-refractivity contribution is -0.125. The molecule has 1 aliphatic carbocycles. The molecule has 1 fully saturated rings. The maximum Gasteiger partial charge on any atom is 0.240 e. The van der Waals surface area contributed by atoms with Gasteiger partial charge in [-0.25, -0.2) is 5.43 Å². The van der Waals surface area contributed by atoms with Crippen molar-refractivity contribution in [2.24, 2.45) is 16.9 Å². The molecule has 0 spiro atoms. The molecule has 0 bridgehead atoms. The van der Waals surface area contributed by atoms with Crippen molar-refractivity contribution >= 4 is 17.5 Å². The first-order chi connectivity index (χ1) is 13.6. The summed E-state index contributed by atoms with van der Waals surface area (Å²) in [4.78, 5) is 24.0. The minimum Gasteiger partial charge on any atom is -0.326 e. The van der Waals surface area contributed by atoms with Gasteiger partial charge < -0.3 is 5.32 Å². The van der Waals surface area contributed by atoms with Crippen molar-refractivity contribution in [1.82, 2.24) is 10.7 Å². The van der Waals surface area contributed by atoms with Crippen LogP contribution in [0.1, 0.15) is 91.9 Å². The second-order valence-corrected chi connectivity index (χ2v) is 7.45. The molecule has 1 unspecified atom stereocenters.